The van der Waals surface area contributed by atoms with Gasteiger partial charge >= 0.3 is 0 Å². The molecule has 1 atom stereocenters. The third-order valence-electron chi connectivity index (χ3n) is 4.87. The average molecular weight is 374 g/mol. The van der Waals surface area contributed by atoms with E-state index in [1.54, 1.807) is 0 Å². The van der Waals surface area contributed by atoms with E-state index in [-0.39, 0.29) is 0 Å². The normalized spacial score (nSPS) is 12.2. The topological polar surface area (TPSA) is 61.2 Å². The minimum absolute atomic E-state index is 0.632. The summed E-state index contributed by atoms with van der Waals surface area (Å²) < 4.78 is 7.47. The molecule has 2 heterocycles. The number of para-hydroxylation sites is 1. The van der Waals surface area contributed by atoms with Crippen LogP contribution in [0.3, 0.4) is 0 Å². The maximum absolute atomic E-state index is 5.46. The predicted molar refractivity (Wildman–Crippen MR) is 107 cm³/mol. The summed E-state index contributed by atoms with van der Waals surface area (Å²) in [6, 6.07) is 20.1. The molecule has 6 nitrogen and oxygen atoms in total. The molecule has 0 aliphatic heterocycles. The van der Waals surface area contributed by atoms with Gasteiger partial charge in [0.25, 0.3) is 5.89 Å². The lowest BCUT2D eigenvalue weighted by atomic mass is 10.2. The van der Waals surface area contributed by atoms with Crippen LogP contribution >= 0.6 is 0 Å². The van der Waals surface area contributed by atoms with Gasteiger partial charge < -0.3 is 9.42 Å². The molecule has 0 saturated carbocycles. The summed E-state index contributed by atoms with van der Waals surface area (Å²) in [4.78, 5) is 5.81. The molecule has 0 aliphatic carbocycles. The Morgan fingerprint density at radius 3 is 2.32 bits per heavy atom. The molecule has 28 heavy (non-hydrogen) atoms. The van der Waals surface area contributed by atoms with E-state index in [0.717, 1.165) is 23.5 Å². The smallest absolute Gasteiger partial charge is 0.282 e. The Kier molecular flexibility index (Phi) is 5.04. The van der Waals surface area contributed by atoms with Crippen LogP contribution in [0.15, 0.2) is 65.2 Å². The van der Waals surface area contributed by atoms with E-state index in [4.69, 9.17) is 9.62 Å². The zero-order valence-electron chi connectivity index (χ0n) is 16.4. The summed E-state index contributed by atoms with van der Waals surface area (Å²) in [7, 11) is 2.13. The van der Waals surface area contributed by atoms with Gasteiger partial charge in [-0.25, -0.2) is 4.68 Å². The monoisotopic (exact) mass is 374 g/mol. The van der Waals surface area contributed by atoms with Crippen molar-refractivity contribution in [1.29, 1.82) is 0 Å². The van der Waals surface area contributed by atoms with Crippen LogP contribution in [0, 0.1) is 13.8 Å². The van der Waals surface area contributed by atoms with E-state index in [0.29, 0.717) is 18.3 Å². The number of aryl methyl sites for hydroxylation is 1. The quantitative estimate of drug-likeness (QED) is 0.564. The molecule has 1 unspecified atom stereocenters. The SMILES string of the molecule is Cc1nn(-c2ccccc2)c(C)c1C[NH+](C)Cc1nc(-c2ccccc2)no1. The van der Waals surface area contributed by atoms with Crippen molar-refractivity contribution < 1.29 is 9.42 Å². The Labute approximate surface area is 164 Å². The Balaban J connectivity index is 1.48. The summed E-state index contributed by atoms with van der Waals surface area (Å²) in [5.41, 5.74) is 5.52. The molecule has 4 rings (SSSR count). The highest BCUT2D eigenvalue weighted by Crippen LogP contribution is 2.17. The number of hydrogen-bond acceptors (Lipinski definition) is 4. The Hall–Kier alpha value is -3.25. The first-order valence-electron chi connectivity index (χ1n) is 9.41. The van der Waals surface area contributed by atoms with Gasteiger partial charge in [0.05, 0.1) is 29.7 Å². The first-order chi connectivity index (χ1) is 13.6. The van der Waals surface area contributed by atoms with Crippen LogP contribution in [0.25, 0.3) is 17.1 Å². The van der Waals surface area contributed by atoms with Crippen LogP contribution < -0.4 is 4.90 Å². The van der Waals surface area contributed by atoms with Gasteiger partial charge in [-0.15, -0.1) is 0 Å². The number of quaternary nitrogens is 1. The van der Waals surface area contributed by atoms with Crippen molar-refractivity contribution in [2.24, 2.45) is 0 Å². The van der Waals surface area contributed by atoms with Gasteiger partial charge in [0.2, 0.25) is 5.82 Å². The largest absolute Gasteiger partial charge is 0.333 e. The van der Waals surface area contributed by atoms with E-state index < -0.39 is 0 Å². The molecule has 0 spiro atoms. The fraction of sp³-hybridized carbons (Fsp3) is 0.227. The van der Waals surface area contributed by atoms with Crippen molar-refractivity contribution in [1.82, 2.24) is 19.9 Å². The molecule has 0 amide bonds. The van der Waals surface area contributed by atoms with Gasteiger partial charge in [-0.05, 0) is 26.0 Å². The molecule has 0 bridgehead atoms. The second-order valence-electron chi connectivity index (χ2n) is 7.09. The number of rotatable bonds is 6. The molecular weight excluding hydrogens is 350 g/mol. The van der Waals surface area contributed by atoms with Crippen LogP contribution in [0.5, 0.6) is 0 Å². The van der Waals surface area contributed by atoms with Gasteiger partial charge in [0, 0.05) is 5.56 Å². The second-order valence-corrected chi connectivity index (χ2v) is 7.09. The highest BCUT2D eigenvalue weighted by atomic mass is 16.5. The zero-order valence-corrected chi connectivity index (χ0v) is 16.4. The summed E-state index contributed by atoms with van der Waals surface area (Å²) >= 11 is 0. The van der Waals surface area contributed by atoms with E-state index in [2.05, 4.69) is 43.2 Å². The number of nitrogens with one attached hydrogen (secondary N) is 1. The first-order valence-corrected chi connectivity index (χ1v) is 9.41. The molecule has 0 fully saturated rings. The molecule has 2 aromatic heterocycles. The summed E-state index contributed by atoms with van der Waals surface area (Å²) in [6.45, 7) is 5.69. The van der Waals surface area contributed by atoms with Crippen LogP contribution in [-0.2, 0) is 13.1 Å². The molecule has 0 aliphatic rings. The number of aromatic nitrogens is 4. The van der Waals surface area contributed by atoms with Gasteiger partial charge in [-0.3, -0.25) is 0 Å². The zero-order chi connectivity index (χ0) is 19.5. The first kappa shape index (κ1) is 18.1. The summed E-state index contributed by atoms with van der Waals surface area (Å²) in [6.07, 6.45) is 0. The molecule has 2 aromatic carbocycles. The second kappa shape index (κ2) is 7.78. The minimum atomic E-state index is 0.632. The highest BCUT2D eigenvalue weighted by molar-refractivity contribution is 5.53. The molecule has 0 radical (unpaired) electrons. The number of hydrogen-bond donors (Lipinski definition) is 1. The summed E-state index contributed by atoms with van der Waals surface area (Å²) in [5.74, 6) is 1.27. The van der Waals surface area contributed by atoms with Gasteiger partial charge in [-0.2, -0.15) is 10.1 Å². The Morgan fingerprint density at radius 2 is 1.61 bits per heavy atom. The highest BCUT2D eigenvalue weighted by Gasteiger charge is 2.19. The molecule has 1 N–H and O–H groups in total. The standard InChI is InChI=1S/C22H23N5O/c1-16-20(17(2)27(24-16)19-12-8-5-9-13-19)14-26(3)15-21-23-22(25-28-21)18-10-6-4-7-11-18/h4-13H,14-15H2,1-3H3/p+1. The van der Waals surface area contributed by atoms with Crippen molar-refractivity contribution in [2.75, 3.05) is 7.05 Å². The number of nitrogens with zero attached hydrogens (tertiary/aromatic N) is 4. The van der Waals surface area contributed by atoms with Crippen molar-refractivity contribution in [3.63, 3.8) is 0 Å². The van der Waals surface area contributed by atoms with Crippen LogP contribution in [0.4, 0.5) is 0 Å². The molecule has 0 saturated heterocycles. The van der Waals surface area contributed by atoms with Crippen LogP contribution in [0.2, 0.25) is 0 Å². The Bertz CT molecular complexity index is 1050. The lowest BCUT2D eigenvalue weighted by molar-refractivity contribution is -0.909. The van der Waals surface area contributed by atoms with Crippen LogP contribution in [0.1, 0.15) is 22.8 Å². The third kappa shape index (κ3) is 3.73. The molecule has 4 aromatic rings. The fourth-order valence-corrected chi connectivity index (χ4v) is 3.40. The maximum atomic E-state index is 5.46. The number of benzene rings is 2. The van der Waals surface area contributed by atoms with Gasteiger partial charge in [0.15, 0.2) is 6.54 Å². The van der Waals surface area contributed by atoms with Crippen molar-refractivity contribution >= 4 is 0 Å². The molecular formula is C22H24N5O+. The third-order valence-corrected chi connectivity index (χ3v) is 4.87. The fourth-order valence-electron chi connectivity index (χ4n) is 3.40. The van der Waals surface area contributed by atoms with Crippen molar-refractivity contribution in [3.8, 4) is 17.1 Å². The van der Waals surface area contributed by atoms with E-state index in [9.17, 15) is 0 Å². The lowest BCUT2D eigenvalue weighted by Gasteiger charge is -2.12. The van der Waals surface area contributed by atoms with Crippen molar-refractivity contribution in [2.45, 2.75) is 26.9 Å². The average Bonchev–Trinajstić information content (AvgIpc) is 3.29. The maximum Gasteiger partial charge on any atom is 0.282 e. The summed E-state index contributed by atoms with van der Waals surface area (Å²) in [5, 5.41) is 8.85. The predicted octanol–water partition coefficient (Wildman–Crippen LogP) is 2.75. The molecule has 6 heteroatoms. The van der Waals surface area contributed by atoms with E-state index in [1.165, 1.54) is 16.2 Å². The van der Waals surface area contributed by atoms with Crippen molar-refractivity contribution in [3.05, 3.63) is 83.5 Å². The van der Waals surface area contributed by atoms with E-state index >= 15 is 0 Å². The van der Waals surface area contributed by atoms with Crippen LogP contribution in [-0.4, -0.2) is 27.0 Å². The lowest BCUT2D eigenvalue weighted by Crippen LogP contribution is -3.06. The Morgan fingerprint density at radius 1 is 0.929 bits per heavy atom. The van der Waals surface area contributed by atoms with Gasteiger partial charge in [0.1, 0.15) is 6.54 Å². The van der Waals surface area contributed by atoms with E-state index in [1.807, 2.05) is 53.2 Å². The van der Waals surface area contributed by atoms with Gasteiger partial charge in [-0.1, -0.05) is 53.7 Å². The molecule has 142 valence electrons. The minimum Gasteiger partial charge on any atom is -0.333 e.